The molecule has 0 unspecified atom stereocenters. The normalized spacial score (nSPS) is 15.7. The van der Waals surface area contributed by atoms with Gasteiger partial charge in [-0.15, -0.1) is 11.8 Å². The van der Waals surface area contributed by atoms with E-state index in [-0.39, 0.29) is 5.91 Å². The lowest BCUT2D eigenvalue weighted by molar-refractivity contribution is -0.139. The van der Waals surface area contributed by atoms with Gasteiger partial charge < -0.3 is 14.2 Å². The molecule has 1 aromatic carbocycles. The van der Waals surface area contributed by atoms with Crippen molar-refractivity contribution in [3.05, 3.63) is 47.3 Å². The number of likely N-dealkylation sites (tertiary alicyclic amines) is 1. The van der Waals surface area contributed by atoms with E-state index in [1.165, 1.54) is 11.8 Å². The van der Waals surface area contributed by atoms with Crippen LogP contribution in [0.3, 0.4) is 0 Å². The number of amides is 1. The van der Waals surface area contributed by atoms with Crippen LogP contribution in [-0.4, -0.2) is 41.1 Å². The quantitative estimate of drug-likeness (QED) is 0.532. The molecule has 28 heavy (non-hydrogen) atoms. The lowest BCUT2D eigenvalue weighted by Gasteiger charge is -2.24. The summed E-state index contributed by atoms with van der Waals surface area (Å²) in [6.07, 6.45) is 3.52. The third-order valence-electron chi connectivity index (χ3n) is 4.71. The highest BCUT2D eigenvalue weighted by atomic mass is 32.2. The van der Waals surface area contributed by atoms with Gasteiger partial charge in [0.2, 0.25) is 0 Å². The standard InChI is InChI=1S/C21H26N2O4S/c1-15-13-17(22-27-15)14-28-19-10-6-5-9-18(19)21(25)26-16(2)20(24)23-11-7-3-4-8-12-23/h5-6,9-10,13,16H,3-4,7-8,11-12,14H2,1-2H3/t16-/m0/s1. The van der Waals surface area contributed by atoms with Crippen LogP contribution in [0.1, 0.15) is 54.4 Å². The van der Waals surface area contributed by atoms with Gasteiger partial charge in [0.05, 0.1) is 11.3 Å². The van der Waals surface area contributed by atoms with Crippen molar-refractivity contribution in [3.8, 4) is 0 Å². The molecule has 150 valence electrons. The minimum Gasteiger partial charge on any atom is -0.449 e. The summed E-state index contributed by atoms with van der Waals surface area (Å²) < 4.78 is 10.6. The Labute approximate surface area is 169 Å². The first kappa shape index (κ1) is 20.5. The second-order valence-corrected chi connectivity index (χ2v) is 8.02. The summed E-state index contributed by atoms with van der Waals surface area (Å²) in [7, 11) is 0. The summed E-state index contributed by atoms with van der Waals surface area (Å²) in [5.41, 5.74) is 1.28. The highest BCUT2D eigenvalue weighted by molar-refractivity contribution is 7.98. The van der Waals surface area contributed by atoms with Crippen molar-refractivity contribution in [1.82, 2.24) is 10.1 Å². The molecule has 0 N–H and O–H groups in total. The van der Waals surface area contributed by atoms with Crippen molar-refractivity contribution in [1.29, 1.82) is 0 Å². The van der Waals surface area contributed by atoms with E-state index in [1.54, 1.807) is 19.1 Å². The smallest absolute Gasteiger partial charge is 0.340 e. The Balaban J connectivity index is 1.62. The number of benzene rings is 1. The topological polar surface area (TPSA) is 72.6 Å². The molecule has 2 heterocycles. The maximum absolute atomic E-state index is 12.7. The van der Waals surface area contributed by atoms with Crippen molar-refractivity contribution in [2.45, 2.75) is 56.3 Å². The first-order valence-corrected chi connectivity index (χ1v) is 10.7. The molecular weight excluding hydrogens is 376 g/mol. The number of carbonyl (C=O) groups is 2. The number of hydrogen-bond acceptors (Lipinski definition) is 6. The van der Waals surface area contributed by atoms with Crippen LogP contribution in [0.4, 0.5) is 0 Å². The van der Waals surface area contributed by atoms with Gasteiger partial charge in [0.15, 0.2) is 6.10 Å². The van der Waals surface area contributed by atoms with Gasteiger partial charge in [0.1, 0.15) is 5.76 Å². The molecule has 0 spiro atoms. The van der Waals surface area contributed by atoms with Crippen molar-refractivity contribution < 1.29 is 18.8 Å². The molecule has 0 aliphatic carbocycles. The zero-order chi connectivity index (χ0) is 19.9. The molecule has 0 bridgehead atoms. The van der Waals surface area contributed by atoms with E-state index >= 15 is 0 Å². The Morgan fingerprint density at radius 1 is 1.21 bits per heavy atom. The fourth-order valence-corrected chi connectivity index (χ4v) is 4.14. The summed E-state index contributed by atoms with van der Waals surface area (Å²) in [6, 6.07) is 9.13. The second kappa shape index (κ2) is 9.78. The minimum atomic E-state index is -0.790. The van der Waals surface area contributed by atoms with Gasteiger partial charge in [0.25, 0.3) is 5.91 Å². The van der Waals surface area contributed by atoms with Crippen LogP contribution in [-0.2, 0) is 15.3 Å². The molecule has 1 aromatic heterocycles. The predicted octanol–water partition coefficient (Wildman–Crippen LogP) is 4.22. The number of aryl methyl sites for hydroxylation is 1. The molecule has 1 aliphatic heterocycles. The van der Waals surface area contributed by atoms with Gasteiger partial charge in [-0.1, -0.05) is 30.1 Å². The molecule has 7 heteroatoms. The van der Waals surface area contributed by atoms with Gasteiger partial charge in [-0.05, 0) is 38.8 Å². The van der Waals surface area contributed by atoms with E-state index in [9.17, 15) is 9.59 Å². The number of esters is 1. The van der Waals surface area contributed by atoms with Crippen LogP contribution in [0.5, 0.6) is 0 Å². The Hall–Kier alpha value is -2.28. The molecule has 1 saturated heterocycles. The van der Waals surface area contributed by atoms with Crippen molar-refractivity contribution in [2.24, 2.45) is 0 Å². The summed E-state index contributed by atoms with van der Waals surface area (Å²) >= 11 is 1.49. The summed E-state index contributed by atoms with van der Waals surface area (Å²) in [5, 5.41) is 3.97. The van der Waals surface area contributed by atoms with E-state index in [1.807, 2.05) is 30.0 Å². The zero-order valence-electron chi connectivity index (χ0n) is 16.3. The van der Waals surface area contributed by atoms with Crippen molar-refractivity contribution >= 4 is 23.6 Å². The monoisotopic (exact) mass is 402 g/mol. The van der Waals surface area contributed by atoms with Crippen LogP contribution in [0, 0.1) is 6.92 Å². The second-order valence-electron chi connectivity index (χ2n) is 7.00. The maximum atomic E-state index is 12.7. The highest BCUT2D eigenvalue weighted by Crippen LogP contribution is 2.27. The summed E-state index contributed by atoms with van der Waals surface area (Å²) in [4.78, 5) is 28.0. The first-order chi connectivity index (χ1) is 13.5. The Bertz CT molecular complexity index is 812. The van der Waals surface area contributed by atoms with Gasteiger partial charge in [-0.2, -0.15) is 0 Å². The molecule has 2 aromatic rings. The number of ether oxygens (including phenoxy) is 1. The predicted molar refractivity (Wildman–Crippen MR) is 107 cm³/mol. The number of nitrogens with zero attached hydrogens (tertiary/aromatic N) is 2. The lowest BCUT2D eigenvalue weighted by atomic mass is 10.2. The fraction of sp³-hybridized carbons (Fsp3) is 0.476. The number of carbonyl (C=O) groups excluding carboxylic acids is 2. The molecule has 1 fully saturated rings. The molecule has 1 atom stereocenters. The van der Waals surface area contributed by atoms with Gasteiger partial charge in [-0.3, -0.25) is 4.79 Å². The lowest BCUT2D eigenvalue weighted by Crippen LogP contribution is -2.40. The maximum Gasteiger partial charge on any atom is 0.340 e. The molecule has 6 nitrogen and oxygen atoms in total. The highest BCUT2D eigenvalue weighted by Gasteiger charge is 2.25. The van der Waals surface area contributed by atoms with E-state index in [2.05, 4.69) is 5.16 Å². The third kappa shape index (κ3) is 5.38. The van der Waals surface area contributed by atoms with Gasteiger partial charge in [-0.25, -0.2) is 4.79 Å². The number of hydrogen-bond donors (Lipinski definition) is 0. The fourth-order valence-electron chi connectivity index (χ4n) is 3.22. The van der Waals surface area contributed by atoms with Crippen molar-refractivity contribution in [2.75, 3.05) is 13.1 Å². The average molecular weight is 403 g/mol. The van der Waals surface area contributed by atoms with E-state index in [4.69, 9.17) is 9.26 Å². The molecular formula is C21H26N2O4S. The SMILES string of the molecule is Cc1cc(CSc2ccccc2C(=O)O[C@@H](C)C(=O)N2CCCCCC2)no1. The zero-order valence-corrected chi connectivity index (χ0v) is 17.2. The van der Waals surface area contributed by atoms with Gasteiger partial charge in [0, 0.05) is 29.8 Å². The van der Waals surface area contributed by atoms with Crippen LogP contribution in [0.25, 0.3) is 0 Å². The van der Waals surface area contributed by atoms with Crippen LogP contribution in [0.15, 0.2) is 39.8 Å². The Morgan fingerprint density at radius 2 is 1.93 bits per heavy atom. The van der Waals surface area contributed by atoms with Crippen LogP contribution in [0.2, 0.25) is 0 Å². The molecule has 0 saturated carbocycles. The number of rotatable bonds is 6. The van der Waals surface area contributed by atoms with Crippen molar-refractivity contribution in [3.63, 3.8) is 0 Å². The molecule has 1 aliphatic rings. The van der Waals surface area contributed by atoms with E-state index < -0.39 is 12.1 Å². The van der Waals surface area contributed by atoms with Crippen LogP contribution < -0.4 is 0 Å². The molecule has 0 radical (unpaired) electrons. The van der Waals surface area contributed by atoms with Crippen LogP contribution >= 0.6 is 11.8 Å². The largest absolute Gasteiger partial charge is 0.449 e. The average Bonchev–Trinajstić information content (AvgIpc) is 2.94. The summed E-state index contributed by atoms with van der Waals surface area (Å²) in [6.45, 7) is 4.97. The molecule has 1 amide bonds. The Kier molecular flexibility index (Phi) is 7.14. The first-order valence-electron chi connectivity index (χ1n) is 9.68. The molecule has 3 rings (SSSR count). The minimum absolute atomic E-state index is 0.113. The van der Waals surface area contributed by atoms with E-state index in [0.717, 1.165) is 55.1 Å². The van der Waals surface area contributed by atoms with Gasteiger partial charge >= 0.3 is 5.97 Å². The summed E-state index contributed by atoms with van der Waals surface area (Å²) in [5.74, 6) is 0.752. The number of aromatic nitrogens is 1. The third-order valence-corrected chi connectivity index (χ3v) is 5.82. The number of thioether (sulfide) groups is 1. The Morgan fingerprint density at radius 3 is 2.61 bits per heavy atom. The van der Waals surface area contributed by atoms with E-state index in [0.29, 0.717) is 11.3 Å².